The van der Waals surface area contributed by atoms with Crippen LogP contribution in [0.15, 0.2) is 158 Å². The largest absolute Gasteiger partial charge is 0.573 e. The van der Waals surface area contributed by atoms with Crippen molar-refractivity contribution in [2.24, 2.45) is 5.41 Å². The van der Waals surface area contributed by atoms with Crippen LogP contribution < -0.4 is 30.4 Å². The molecule has 6 aromatic carbocycles. The minimum atomic E-state index is -4.90. The van der Waals surface area contributed by atoms with Crippen LogP contribution in [0.1, 0.15) is 49.4 Å². The molecule has 18 heteroatoms. The third-order valence-electron chi connectivity index (χ3n) is 10.4. The van der Waals surface area contributed by atoms with Crippen molar-refractivity contribution in [3.05, 3.63) is 191 Å². The predicted octanol–water partition coefficient (Wildman–Crippen LogP) is 9.49. The molecular weight excluding hydrogens is 915 g/mol. The van der Waals surface area contributed by atoms with Crippen molar-refractivity contribution in [1.29, 1.82) is 0 Å². The van der Waals surface area contributed by atoms with Gasteiger partial charge in [-0.1, -0.05) is 60.7 Å². The second-order valence-corrected chi connectivity index (χ2v) is 15.5. The van der Waals surface area contributed by atoms with Crippen molar-refractivity contribution in [1.82, 2.24) is 0 Å². The van der Waals surface area contributed by atoms with Gasteiger partial charge in [0.2, 0.25) is 11.6 Å². The van der Waals surface area contributed by atoms with Crippen molar-refractivity contribution in [3.63, 3.8) is 0 Å². The lowest BCUT2D eigenvalue weighted by atomic mass is 9.65. The van der Waals surface area contributed by atoms with Gasteiger partial charge < -0.3 is 40.6 Å². The fourth-order valence-electron chi connectivity index (χ4n) is 6.95. The monoisotopic (exact) mass is 954 g/mol. The molecule has 0 saturated heterocycles. The number of halogens is 6. The van der Waals surface area contributed by atoms with E-state index in [0.29, 0.717) is 33.6 Å². The van der Waals surface area contributed by atoms with Gasteiger partial charge in [-0.3, -0.25) is 9.59 Å². The number of ether oxygens (including phenoxy) is 4. The Hall–Kier alpha value is -8.22. The number of nitrogen functional groups attached to an aromatic ring is 2. The van der Waals surface area contributed by atoms with Gasteiger partial charge in [0.1, 0.15) is 23.0 Å². The molecule has 0 radical (unpaired) electrons. The van der Waals surface area contributed by atoms with Crippen LogP contribution in [0.2, 0.25) is 0 Å². The van der Waals surface area contributed by atoms with Crippen molar-refractivity contribution in [2.45, 2.75) is 37.8 Å². The summed E-state index contributed by atoms with van der Waals surface area (Å²) >= 11 is 0. The van der Waals surface area contributed by atoms with Gasteiger partial charge in [-0.15, -0.1) is 26.3 Å². The number of anilines is 2. The van der Waals surface area contributed by atoms with Crippen LogP contribution in [-0.4, -0.2) is 52.2 Å². The van der Waals surface area contributed by atoms with Crippen molar-refractivity contribution in [3.8, 4) is 23.0 Å². The first-order chi connectivity index (χ1) is 32.5. The Morgan fingerprint density at radius 3 is 1.19 bits per heavy atom. The number of alkyl halides is 6. The lowest BCUT2D eigenvalue weighted by Gasteiger charge is -2.42. The summed E-state index contributed by atoms with van der Waals surface area (Å²) in [6, 6.07) is 32.5. The number of carbonyl (C=O) groups is 4. The molecule has 0 spiro atoms. The average molecular weight is 955 g/mol. The van der Waals surface area contributed by atoms with E-state index in [1.54, 1.807) is 48.5 Å². The summed E-state index contributed by atoms with van der Waals surface area (Å²) in [5.74, 6) is -7.85. The molecule has 0 fully saturated rings. The first kappa shape index (κ1) is 50.2. The van der Waals surface area contributed by atoms with Gasteiger partial charge in [-0.05, 0) is 144 Å². The first-order valence-corrected chi connectivity index (χ1v) is 20.5. The van der Waals surface area contributed by atoms with Gasteiger partial charge >= 0.3 is 24.7 Å². The maximum atomic E-state index is 14.1. The van der Waals surface area contributed by atoms with Gasteiger partial charge in [-0.25, -0.2) is 9.59 Å². The zero-order valence-corrected chi connectivity index (χ0v) is 35.9. The molecule has 0 aliphatic carbocycles. The van der Waals surface area contributed by atoms with Crippen LogP contribution in [0.3, 0.4) is 0 Å². The molecule has 0 heterocycles. The Morgan fingerprint density at radius 2 is 0.826 bits per heavy atom. The van der Waals surface area contributed by atoms with Gasteiger partial charge in [0.05, 0.1) is 11.1 Å². The lowest BCUT2D eigenvalue weighted by molar-refractivity contribution is -0.275. The minimum absolute atomic E-state index is 0.0365. The molecule has 12 nitrogen and oxygen atoms in total. The predicted molar refractivity (Wildman–Crippen MR) is 240 cm³/mol. The number of aliphatic hydroxyl groups is 2. The van der Waals surface area contributed by atoms with Crippen molar-refractivity contribution in [2.75, 3.05) is 11.5 Å². The average Bonchev–Trinajstić information content (AvgIpc) is 3.29. The topological polar surface area (TPSA) is 198 Å². The molecule has 0 unspecified atom stereocenters. The standard InChI is InChI=1S/C51H40F6N2O10/c52-50(53,54)68-43-24-20-41(21-25-43)66-46(62)36-11-1-32(2-12-36)9-19-40(60)31-48(29-34-5-15-38(58)16-6-34,30-35-7-17-39(59)18-8-35)49(64,65)45(61)28-10-33-3-13-37(14-4-33)47(63)67-42-22-26-44(27-23-42)69-51(55,56)57/h1-28,64-65H,29-31,58-59H2. The van der Waals surface area contributed by atoms with E-state index in [4.69, 9.17) is 20.9 Å². The molecular formula is C51H40F6N2O10. The maximum absolute atomic E-state index is 14.1. The Morgan fingerprint density at radius 1 is 0.478 bits per heavy atom. The number of carbonyl (C=O) groups excluding carboxylic acids is 4. The number of hydrogen-bond donors (Lipinski definition) is 4. The van der Waals surface area contributed by atoms with E-state index < -0.39 is 65.4 Å². The van der Waals surface area contributed by atoms with E-state index in [1.165, 1.54) is 66.8 Å². The smallest absolute Gasteiger partial charge is 0.423 e. The molecule has 0 aliphatic heterocycles. The summed E-state index contributed by atoms with van der Waals surface area (Å²) in [4.78, 5) is 53.6. The lowest BCUT2D eigenvalue weighted by Crippen LogP contribution is -2.57. The van der Waals surface area contributed by atoms with Crippen LogP contribution in [0.4, 0.5) is 37.7 Å². The van der Waals surface area contributed by atoms with Crippen LogP contribution in [0, 0.1) is 5.41 Å². The highest BCUT2D eigenvalue weighted by Crippen LogP contribution is 2.43. The summed E-state index contributed by atoms with van der Waals surface area (Å²) in [6.07, 6.45) is -6.08. The van der Waals surface area contributed by atoms with Gasteiger partial charge in [-0.2, -0.15) is 0 Å². The Kier molecular flexibility index (Phi) is 15.4. The second-order valence-electron chi connectivity index (χ2n) is 15.5. The van der Waals surface area contributed by atoms with Gasteiger partial charge in [0, 0.05) is 23.2 Å². The zero-order chi connectivity index (χ0) is 50.0. The number of allylic oxidation sites excluding steroid dienone is 1. The van der Waals surface area contributed by atoms with Crippen LogP contribution in [0.5, 0.6) is 23.0 Å². The molecule has 6 aromatic rings. The fraction of sp³-hybridized carbons (Fsp3) is 0.137. The molecule has 356 valence electrons. The summed E-state index contributed by atoms with van der Waals surface area (Å²) in [5.41, 5.74) is 12.6. The number of benzene rings is 6. The van der Waals surface area contributed by atoms with E-state index in [1.807, 2.05) is 0 Å². The Labute approximate surface area is 389 Å². The van der Waals surface area contributed by atoms with Crippen LogP contribution in [-0.2, 0) is 22.4 Å². The molecule has 0 aromatic heterocycles. The van der Waals surface area contributed by atoms with E-state index in [-0.39, 0.29) is 35.5 Å². The van der Waals surface area contributed by atoms with Gasteiger partial charge in [0.25, 0.3) is 0 Å². The highest BCUT2D eigenvalue weighted by atomic mass is 19.4. The van der Waals surface area contributed by atoms with Gasteiger partial charge in [0.15, 0.2) is 5.78 Å². The maximum Gasteiger partial charge on any atom is 0.573 e. The minimum Gasteiger partial charge on any atom is -0.423 e. The van der Waals surface area contributed by atoms with E-state index in [9.17, 15) is 55.7 Å². The van der Waals surface area contributed by atoms with Crippen molar-refractivity contribution >= 4 is 47.0 Å². The Balaban J connectivity index is 1.21. The number of hydrogen-bond acceptors (Lipinski definition) is 12. The summed E-state index contributed by atoms with van der Waals surface area (Å²) < 4.78 is 93.1. The number of ketones is 2. The second kappa shape index (κ2) is 21.2. The highest BCUT2D eigenvalue weighted by molar-refractivity contribution is 6.01. The van der Waals surface area contributed by atoms with Crippen molar-refractivity contribution < 1.29 is 74.7 Å². The van der Waals surface area contributed by atoms with E-state index in [2.05, 4.69) is 9.47 Å². The molecule has 0 atom stereocenters. The van der Waals surface area contributed by atoms with E-state index in [0.717, 1.165) is 54.6 Å². The molecule has 6 N–H and O–H groups in total. The molecule has 6 rings (SSSR count). The Bertz CT molecular complexity index is 2760. The zero-order valence-electron chi connectivity index (χ0n) is 35.9. The molecule has 0 saturated carbocycles. The third kappa shape index (κ3) is 14.4. The fourth-order valence-corrected chi connectivity index (χ4v) is 6.95. The number of nitrogens with two attached hydrogens (primary N) is 2. The normalized spacial score (nSPS) is 12.2. The number of esters is 2. The molecule has 69 heavy (non-hydrogen) atoms. The van der Waals surface area contributed by atoms with E-state index >= 15 is 0 Å². The summed E-state index contributed by atoms with van der Waals surface area (Å²) in [7, 11) is 0. The molecule has 0 aliphatic rings. The van der Waals surface area contributed by atoms with Crippen LogP contribution >= 0.6 is 0 Å². The number of rotatable bonds is 18. The summed E-state index contributed by atoms with van der Waals surface area (Å²) in [5, 5.41) is 24.2. The SMILES string of the molecule is Nc1ccc(CC(CC(=O)C=Cc2ccc(C(=O)Oc3ccc(OC(F)(F)F)cc3)cc2)(Cc2ccc(N)cc2)C(O)(O)C(=O)C=Cc2ccc(C(=O)Oc3ccc(OC(F)(F)F)cc3)cc2)cc1. The highest BCUT2D eigenvalue weighted by Gasteiger charge is 2.54. The third-order valence-corrected chi connectivity index (χ3v) is 10.4. The molecule has 0 bridgehead atoms. The quantitative estimate of drug-likeness (QED) is 0.0159. The molecule has 0 amide bonds. The summed E-state index contributed by atoms with van der Waals surface area (Å²) in [6.45, 7) is 0. The first-order valence-electron chi connectivity index (χ1n) is 20.5. The van der Waals surface area contributed by atoms with Crippen LogP contribution in [0.25, 0.3) is 12.2 Å².